The summed E-state index contributed by atoms with van der Waals surface area (Å²) in [6.07, 6.45) is 3.39. The van der Waals surface area contributed by atoms with Gasteiger partial charge in [-0.2, -0.15) is 13.2 Å². The van der Waals surface area contributed by atoms with Gasteiger partial charge in [0.2, 0.25) is 11.4 Å². The molecular weight excluding hydrogens is 397 g/mol. The summed E-state index contributed by atoms with van der Waals surface area (Å²) in [7, 11) is 0. The van der Waals surface area contributed by atoms with Crippen LogP contribution in [0.15, 0.2) is 11.3 Å². The van der Waals surface area contributed by atoms with Crippen LogP contribution in [0.3, 0.4) is 0 Å². The predicted octanol–water partition coefficient (Wildman–Crippen LogP) is 4.41. The van der Waals surface area contributed by atoms with Crippen molar-refractivity contribution in [3.8, 4) is 0 Å². The van der Waals surface area contributed by atoms with Crippen molar-refractivity contribution < 1.29 is 27.6 Å². The fourth-order valence-electron chi connectivity index (χ4n) is 5.49. The summed E-state index contributed by atoms with van der Waals surface area (Å²) in [4.78, 5) is 39.3. The zero-order chi connectivity index (χ0) is 22.1. The Morgan fingerprint density at radius 1 is 1.07 bits per heavy atom. The predicted molar refractivity (Wildman–Crippen MR) is 105 cm³/mol. The number of halogens is 3. The highest BCUT2D eigenvalue weighted by molar-refractivity contribution is 6.12. The Labute approximate surface area is 175 Å². The number of amides is 2. The van der Waals surface area contributed by atoms with Gasteiger partial charge in [-0.15, -0.1) is 0 Å². The second-order valence-corrected chi connectivity index (χ2v) is 8.97. The smallest absolute Gasteiger partial charge is 0.330 e. The van der Waals surface area contributed by atoms with Crippen molar-refractivity contribution in [1.82, 2.24) is 10.2 Å². The fraction of sp³-hybridized carbons (Fsp3) is 0.773. The zero-order valence-corrected chi connectivity index (χ0v) is 17.7. The number of carbonyl (C=O) groups excluding carboxylic acids is 3. The molecule has 3 rings (SSSR count). The summed E-state index contributed by atoms with van der Waals surface area (Å²) in [5.41, 5.74) is -3.91. The Bertz CT molecular complexity index is 734. The minimum atomic E-state index is -5.11. The van der Waals surface area contributed by atoms with Crippen LogP contribution in [0.25, 0.3) is 0 Å². The fourth-order valence-corrected chi connectivity index (χ4v) is 5.49. The summed E-state index contributed by atoms with van der Waals surface area (Å²) in [5.74, 6) is -2.59. The number of nitrogens with one attached hydrogen (secondary N) is 1. The van der Waals surface area contributed by atoms with Crippen LogP contribution in [0.5, 0.6) is 0 Å². The van der Waals surface area contributed by atoms with Crippen LogP contribution in [-0.4, -0.2) is 40.3 Å². The molecule has 1 atom stereocenters. The van der Waals surface area contributed by atoms with E-state index in [1.54, 1.807) is 0 Å². The number of Topliss-reactive ketones (excluding diaryl/α,β-unsaturated/α-hetero) is 1. The van der Waals surface area contributed by atoms with Crippen molar-refractivity contribution in [3.63, 3.8) is 0 Å². The average Bonchev–Trinajstić information content (AvgIpc) is 3.26. The molecule has 8 heteroatoms. The van der Waals surface area contributed by atoms with Gasteiger partial charge in [-0.1, -0.05) is 44.9 Å². The molecule has 1 heterocycles. The molecular formula is C22H31F3N2O3. The molecule has 0 spiro atoms. The van der Waals surface area contributed by atoms with Gasteiger partial charge in [0.05, 0.1) is 5.57 Å². The number of ketones is 1. The first-order valence-corrected chi connectivity index (χ1v) is 11.0. The molecule has 5 nitrogen and oxygen atoms in total. The third-order valence-electron chi connectivity index (χ3n) is 6.94. The van der Waals surface area contributed by atoms with E-state index in [1.807, 2.05) is 5.32 Å². The highest BCUT2D eigenvalue weighted by Gasteiger charge is 2.70. The highest BCUT2D eigenvalue weighted by atomic mass is 19.4. The Hall–Kier alpha value is -1.86. The zero-order valence-electron chi connectivity index (χ0n) is 17.7. The van der Waals surface area contributed by atoms with Gasteiger partial charge < -0.3 is 10.2 Å². The van der Waals surface area contributed by atoms with Crippen LogP contribution in [0.1, 0.15) is 84.5 Å². The number of carbonyl (C=O) groups is 3. The van der Waals surface area contributed by atoms with Crippen LogP contribution in [0.4, 0.5) is 13.2 Å². The third-order valence-corrected chi connectivity index (χ3v) is 6.94. The van der Waals surface area contributed by atoms with Crippen molar-refractivity contribution in [1.29, 1.82) is 0 Å². The Balaban J connectivity index is 1.89. The maximum absolute atomic E-state index is 14.4. The van der Waals surface area contributed by atoms with Crippen LogP contribution in [0.2, 0.25) is 0 Å². The van der Waals surface area contributed by atoms with Crippen LogP contribution < -0.4 is 5.32 Å². The van der Waals surface area contributed by atoms with E-state index in [-0.39, 0.29) is 18.2 Å². The number of nitrogens with zero attached hydrogens (tertiary/aromatic N) is 1. The molecule has 2 saturated carbocycles. The molecule has 0 saturated heterocycles. The van der Waals surface area contributed by atoms with Crippen LogP contribution >= 0.6 is 0 Å². The lowest BCUT2D eigenvalue weighted by Crippen LogP contribution is -2.66. The molecule has 2 aliphatic carbocycles. The first kappa shape index (κ1) is 22.8. The number of hydrogen-bond donors (Lipinski definition) is 1. The average molecular weight is 428 g/mol. The van der Waals surface area contributed by atoms with E-state index in [1.165, 1.54) is 6.92 Å². The molecule has 0 unspecified atom stereocenters. The van der Waals surface area contributed by atoms with Crippen molar-refractivity contribution in [2.45, 2.75) is 102 Å². The standard InChI is InChI=1S/C22H31F3N2O3/c1-14-19(15(2)28)21(22(23,24)25,20(30)27(14)17-10-6-7-11-17)26-18(29)13-12-16-8-4-3-5-9-16/h16-17H,3-13H2,1-2H3,(H,26,29)/t21-/m1/s1. The lowest BCUT2D eigenvalue weighted by molar-refractivity contribution is -0.195. The van der Waals surface area contributed by atoms with Gasteiger partial charge in [0.1, 0.15) is 0 Å². The second kappa shape index (κ2) is 8.71. The molecule has 1 aliphatic heterocycles. The molecule has 0 bridgehead atoms. The summed E-state index contributed by atoms with van der Waals surface area (Å²) in [5, 5.41) is 2.00. The quantitative estimate of drug-likeness (QED) is 0.681. The van der Waals surface area contributed by atoms with Gasteiger partial charge in [0.25, 0.3) is 5.91 Å². The maximum Gasteiger partial charge on any atom is 0.425 e. The Morgan fingerprint density at radius 3 is 2.17 bits per heavy atom. The normalized spacial score (nSPS) is 26.6. The van der Waals surface area contributed by atoms with E-state index in [2.05, 4.69) is 0 Å². The SMILES string of the molecule is CC(=O)C1=C(C)N(C2CCCC2)C(=O)[C@@]1(NC(=O)CCC1CCCCC1)C(F)(F)F. The molecule has 0 aromatic rings. The first-order chi connectivity index (χ1) is 14.1. The van der Waals surface area contributed by atoms with Gasteiger partial charge in [-0.3, -0.25) is 14.4 Å². The van der Waals surface area contributed by atoms with E-state index >= 15 is 0 Å². The molecule has 30 heavy (non-hydrogen) atoms. The summed E-state index contributed by atoms with van der Waals surface area (Å²) in [6.45, 7) is 2.41. The topological polar surface area (TPSA) is 66.5 Å². The van der Waals surface area contributed by atoms with E-state index in [0.29, 0.717) is 25.2 Å². The van der Waals surface area contributed by atoms with Crippen molar-refractivity contribution in [3.05, 3.63) is 11.3 Å². The molecule has 0 aromatic heterocycles. The molecule has 1 N–H and O–H groups in total. The second-order valence-electron chi connectivity index (χ2n) is 8.97. The number of allylic oxidation sites excluding steroid dienone is 1. The minimum absolute atomic E-state index is 0.0179. The first-order valence-electron chi connectivity index (χ1n) is 11.0. The van der Waals surface area contributed by atoms with Gasteiger partial charge in [0, 0.05) is 18.2 Å². The van der Waals surface area contributed by atoms with Crippen molar-refractivity contribution >= 4 is 17.6 Å². The molecule has 0 radical (unpaired) electrons. The monoisotopic (exact) mass is 428 g/mol. The van der Waals surface area contributed by atoms with Crippen LogP contribution in [0, 0.1) is 5.92 Å². The van der Waals surface area contributed by atoms with Gasteiger partial charge >= 0.3 is 6.18 Å². The van der Waals surface area contributed by atoms with Crippen molar-refractivity contribution in [2.24, 2.45) is 5.92 Å². The molecule has 0 aromatic carbocycles. The highest BCUT2D eigenvalue weighted by Crippen LogP contribution is 2.47. The number of hydrogen-bond acceptors (Lipinski definition) is 3. The lowest BCUT2D eigenvalue weighted by Gasteiger charge is -2.34. The van der Waals surface area contributed by atoms with Gasteiger partial charge in [-0.25, -0.2) is 0 Å². The summed E-state index contributed by atoms with van der Waals surface area (Å²) >= 11 is 0. The van der Waals surface area contributed by atoms with E-state index < -0.39 is 34.9 Å². The Morgan fingerprint density at radius 2 is 1.63 bits per heavy atom. The Kier molecular flexibility index (Phi) is 6.63. The van der Waals surface area contributed by atoms with E-state index in [0.717, 1.165) is 56.8 Å². The molecule has 3 aliphatic rings. The van der Waals surface area contributed by atoms with Crippen LogP contribution in [-0.2, 0) is 14.4 Å². The van der Waals surface area contributed by atoms with Gasteiger partial charge in [-0.05, 0) is 39.0 Å². The molecule has 168 valence electrons. The summed E-state index contributed by atoms with van der Waals surface area (Å²) < 4.78 is 43.3. The van der Waals surface area contributed by atoms with E-state index in [9.17, 15) is 27.6 Å². The van der Waals surface area contributed by atoms with Gasteiger partial charge in [0.15, 0.2) is 5.78 Å². The third kappa shape index (κ3) is 4.02. The van der Waals surface area contributed by atoms with E-state index in [4.69, 9.17) is 0 Å². The minimum Gasteiger partial charge on any atom is -0.330 e. The summed E-state index contributed by atoms with van der Waals surface area (Å²) in [6, 6.07) is -0.366. The van der Waals surface area contributed by atoms with Crippen molar-refractivity contribution in [2.75, 3.05) is 0 Å². The largest absolute Gasteiger partial charge is 0.425 e. The molecule has 2 fully saturated rings. The lowest BCUT2D eigenvalue weighted by atomic mass is 9.85. The number of alkyl halides is 3. The maximum atomic E-state index is 14.4. The molecule has 2 amide bonds. The number of rotatable bonds is 6.